The molecule has 2 aromatic heterocycles. The first kappa shape index (κ1) is 27.6. The highest BCUT2D eigenvalue weighted by molar-refractivity contribution is 6.30. The van der Waals surface area contributed by atoms with Crippen LogP contribution in [0.3, 0.4) is 0 Å². The van der Waals surface area contributed by atoms with E-state index < -0.39 is 5.60 Å². The maximum atomic E-state index is 12.6. The Hall–Kier alpha value is -3.98. The summed E-state index contributed by atoms with van der Waals surface area (Å²) in [7, 11) is 0. The number of nitrogen functional groups attached to an aromatic ring is 1. The number of benzene rings is 2. The molecule has 10 heteroatoms. The van der Waals surface area contributed by atoms with E-state index in [4.69, 9.17) is 22.1 Å². The van der Waals surface area contributed by atoms with Crippen molar-refractivity contribution in [3.05, 3.63) is 75.7 Å². The van der Waals surface area contributed by atoms with Crippen LogP contribution in [0.4, 0.5) is 16.3 Å². The molecule has 0 unspecified atom stereocenters. The van der Waals surface area contributed by atoms with E-state index in [1.165, 1.54) is 0 Å². The van der Waals surface area contributed by atoms with E-state index in [2.05, 4.69) is 15.5 Å². The standard InChI is InChI=1S/C30H35ClN6O3/c1-30(2,3)40-29(39)36-11-9-19(10-12-36)16-33-24-14-22(15-25-27(24)28(32)35-34-25)21-7-8-26(38)37(18-21)17-20-5-4-6-23(31)13-20/h4-8,13-15,18-19,33H,9-12,16-17H2,1-3H3,(H3,32,34,35). The number of nitrogens with one attached hydrogen (secondary N) is 2. The maximum absolute atomic E-state index is 12.6. The second kappa shape index (κ2) is 11.3. The van der Waals surface area contributed by atoms with Crippen molar-refractivity contribution >= 4 is 40.1 Å². The zero-order chi connectivity index (χ0) is 28.4. The number of likely N-dealkylation sites (tertiary alicyclic amines) is 1. The number of carbonyl (C=O) groups excluding carboxylic acids is 1. The van der Waals surface area contributed by atoms with Crippen molar-refractivity contribution in [1.82, 2.24) is 19.7 Å². The smallest absolute Gasteiger partial charge is 0.410 e. The molecule has 1 fully saturated rings. The number of nitrogens with zero attached hydrogens (tertiary/aromatic N) is 3. The predicted octanol–water partition coefficient (Wildman–Crippen LogP) is 5.73. The van der Waals surface area contributed by atoms with Crippen molar-refractivity contribution in [2.24, 2.45) is 5.92 Å². The van der Waals surface area contributed by atoms with Crippen LogP contribution in [0.25, 0.3) is 22.0 Å². The molecule has 0 spiro atoms. The van der Waals surface area contributed by atoms with Gasteiger partial charge in [-0.05, 0) is 86.6 Å². The van der Waals surface area contributed by atoms with E-state index in [1.54, 1.807) is 15.5 Å². The third-order valence-corrected chi connectivity index (χ3v) is 7.33. The number of H-pyrrole nitrogens is 1. The number of piperidine rings is 1. The van der Waals surface area contributed by atoms with Crippen molar-refractivity contribution in [2.75, 3.05) is 30.7 Å². The highest BCUT2D eigenvalue weighted by Gasteiger charge is 2.27. The maximum Gasteiger partial charge on any atom is 0.410 e. The molecule has 1 saturated heterocycles. The molecule has 0 radical (unpaired) electrons. The number of nitrogens with two attached hydrogens (primary N) is 1. The number of anilines is 2. The lowest BCUT2D eigenvalue weighted by atomic mass is 9.96. The highest BCUT2D eigenvalue weighted by atomic mass is 35.5. The molecule has 3 heterocycles. The monoisotopic (exact) mass is 562 g/mol. The number of hydrogen-bond donors (Lipinski definition) is 3. The van der Waals surface area contributed by atoms with Gasteiger partial charge in [-0.3, -0.25) is 9.89 Å². The Balaban J connectivity index is 1.33. The van der Waals surface area contributed by atoms with Crippen molar-refractivity contribution in [3.63, 3.8) is 0 Å². The molecular weight excluding hydrogens is 528 g/mol. The minimum atomic E-state index is -0.501. The van der Waals surface area contributed by atoms with Crippen LogP contribution in [-0.4, -0.2) is 51.0 Å². The molecule has 4 N–H and O–H groups in total. The van der Waals surface area contributed by atoms with Crippen LogP contribution in [-0.2, 0) is 11.3 Å². The first-order chi connectivity index (χ1) is 19.1. The number of fused-ring (bicyclic) bond motifs is 1. The van der Waals surface area contributed by atoms with E-state index in [1.807, 2.05) is 69.4 Å². The minimum Gasteiger partial charge on any atom is -0.444 e. The average Bonchev–Trinajstić information content (AvgIpc) is 3.28. The van der Waals surface area contributed by atoms with E-state index >= 15 is 0 Å². The number of amides is 1. The topological polar surface area (TPSA) is 118 Å². The molecule has 40 heavy (non-hydrogen) atoms. The first-order valence-electron chi connectivity index (χ1n) is 13.5. The Morgan fingerprint density at radius 3 is 2.65 bits per heavy atom. The van der Waals surface area contributed by atoms with E-state index in [0.29, 0.717) is 36.4 Å². The zero-order valence-electron chi connectivity index (χ0n) is 23.0. The molecule has 0 saturated carbocycles. The Kier molecular flexibility index (Phi) is 7.76. The van der Waals surface area contributed by atoms with Gasteiger partial charge >= 0.3 is 6.09 Å². The largest absolute Gasteiger partial charge is 0.444 e. The molecule has 0 aliphatic carbocycles. The Labute approximate surface area is 238 Å². The van der Waals surface area contributed by atoms with E-state index in [0.717, 1.165) is 52.7 Å². The van der Waals surface area contributed by atoms with Gasteiger partial charge in [-0.2, -0.15) is 5.10 Å². The second-order valence-electron chi connectivity index (χ2n) is 11.4. The summed E-state index contributed by atoms with van der Waals surface area (Å²) in [6.45, 7) is 8.13. The van der Waals surface area contributed by atoms with Crippen LogP contribution in [0.15, 0.2) is 59.5 Å². The SMILES string of the molecule is CC(C)(C)OC(=O)N1CCC(CNc2cc(-c3ccc(=O)n(Cc4cccc(Cl)c4)c3)cc3[nH]nc(N)c23)CC1. The molecule has 1 aliphatic heterocycles. The lowest BCUT2D eigenvalue weighted by Gasteiger charge is -2.33. The van der Waals surface area contributed by atoms with Crippen molar-refractivity contribution in [2.45, 2.75) is 45.8 Å². The third-order valence-electron chi connectivity index (χ3n) is 7.10. The lowest BCUT2D eigenvalue weighted by molar-refractivity contribution is 0.0188. The van der Waals surface area contributed by atoms with Crippen molar-refractivity contribution in [1.29, 1.82) is 0 Å². The number of hydrogen-bond acceptors (Lipinski definition) is 6. The summed E-state index contributed by atoms with van der Waals surface area (Å²) in [5.41, 5.74) is 10.1. The normalized spacial score (nSPS) is 14.4. The summed E-state index contributed by atoms with van der Waals surface area (Å²) in [6.07, 6.45) is 3.37. The van der Waals surface area contributed by atoms with Crippen LogP contribution in [0, 0.1) is 5.92 Å². The van der Waals surface area contributed by atoms with E-state index in [9.17, 15) is 9.59 Å². The molecule has 4 aromatic rings. The Bertz CT molecular complexity index is 1580. The third kappa shape index (κ3) is 6.42. The fraction of sp³-hybridized carbons (Fsp3) is 0.367. The number of halogens is 1. The van der Waals surface area contributed by atoms with Gasteiger partial charge in [0, 0.05) is 42.6 Å². The fourth-order valence-corrected chi connectivity index (χ4v) is 5.26. The molecule has 0 atom stereocenters. The van der Waals surface area contributed by atoms with Crippen LogP contribution >= 0.6 is 11.6 Å². The molecule has 1 amide bonds. The van der Waals surface area contributed by atoms with Crippen molar-refractivity contribution < 1.29 is 9.53 Å². The van der Waals surface area contributed by atoms with Crippen LogP contribution < -0.4 is 16.6 Å². The van der Waals surface area contributed by atoms with Gasteiger partial charge in [0.25, 0.3) is 5.56 Å². The fourth-order valence-electron chi connectivity index (χ4n) is 5.05. The average molecular weight is 563 g/mol. The number of carbonyl (C=O) groups is 1. The quantitative estimate of drug-likeness (QED) is 0.276. The van der Waals surface area contributed by atoms with Crippen LogP contribution in [0.1, 0.15) is 39.2 Å². The summed E-state index contributed by atoms with van der Waals surface area (Å²) in [6, 6.07) is 15.0. The molecule has 2 aromatic carbocycles. The summed E-state index contributed by atoms with van der Waals surface area (Å²) in [5.74, 6) is 0.819. The van der Waals surface area contributed by atoms with Gasteiger partial charge in [-0.15, -0.1) is 0 Å². The lowest BCUT2D eigenvalue weighted by Crippen LogP contribution is -2.42. The van der Waals surface area contributed by atoms with Gasteiger partial charge in [-0.1, -0.05) is 23.7 Å². The molecule has 0 bridgehead atoms. The minimum absolute atomic E-state index is 0.0911. The number of pyridine rings is 1. The van der Waals surface area contributed by atoms with Gasteiger partial charge in [0.15, 0.2) is 5.82 Å². The molecular formula is C30H35ClN6O3. The number of rotatable bonds is 6. The van der Waals surface area contributed by atoms with Gasteiger partial charge in [-0.25, -0.2) is 4.79 Å². The number of aromatic nitrogens is 3. The predicted molar refractivity (Wildman–Crippen MR) is 160 cm³/mol. The van der Waals surface area contributed by atoms with Gasteiger partial charge in [0.05, 0.1) is 17.4 Å². The van der Waals surface area contributed by atoms with Crippen molar-refractivity contribution in [3.8, 4) is 11.1 Å². The first-order valence-corrected chi connectivity index (χ1v) is 13.9. The number of ether oxygens (including phenoxy) is 1. The molecule has 9 nitrogen and oxygen atoms in total. The van der Waals surface area contributed by atoms with Crippen LogP contribution in [0.5, 0.6) is 0 Å². The summed E-state index contributed by atoms with van der Waals surface area (Å²) >= 11 is 6.15. The van der Waals surface area contributed by atoms with Crippen LogP contribution in [0.2, 0.25) is 5.02 Å². The second-order valence-corrected chi connectivity index (χ2v) is 11.8. The molecule has 1 aliphatic rings. The van der Waals surface area contributed by atoms with Gasteiger partial charge in [0.2, 0.25) is 0 Å². The molecule has 210 valence electrons. The Morgan fingerprint density at radius 2 is 1.93 bits per heavy atom. The summed E-state index contributed by atoms with van der Waals surface area (Å²) in [4.78, 5) is 26.8. The summed E-state index contributed by atoms with van der Waals surface area (Å²) in [5, 5.41) is 12.3. The van der Waals surface area contributed by atoms with Gasteiger partial charge < -0.3 is 25.3 Å². The summed E-state index contributed by atoms with van der Waals surface area (Å²) < 4.78 is 7.20. The Morgan fingerprint density at radius 1 is 1.15 bits per heavy atom. The molecule has 5 rings (SSSR count). The number of aromatic amines is 1. The zero-order valence-corrected chi connectivity index (χ0v) is 23.8. The highest BCUT2D eigenvalue weighted by Crippen LogP contribution is 2.33. The van der Waals surface area contributed by atoms with E-state index in [-0.39, 0.29) is 11.7 Å². The van der Waals surface area contributed by atoms with Gasteiger partial charge in [0.1, 0.15) is 5.60 Å².